The summed E-state index contributed by atoms with van der Waals surface area (Å²) in [7, 11) is -1.60. The van der Waals surface area contributed by atoms with Crippen LogP contribution in [0.4, 0.5) is 0 Å². The number of sulfone groups is 1. The molecule has 0 saturated carbocycles. The van der Waals surface area contributed by atoms with Crippen LogP contribution in [0.3, 0.4) is 0 Å². The second-order valence-electron chi connectivity index (χ2n) is 5.92. The number of methoxy groups -OCH3 is 1. The van der Waals surface area contributed by atoms with E-state index in [1.54, 1.807) is 25.0 Å². The molecule has 0 N–H and O–H groups in total. The molecule has 2 aliphatic rings. The summed E-state index contributed by atoms with van der Waals surface area (Å²) >= 11 is 0. The van der Waals surface area contributed by atoms with Crippen molar-refractivity contribution in [1.29, 1.82) is 0 Å². The predicted octanol–water partition coefficient (Wildman–Crippen LogP) is 0.864. The Labute approximate surface area is 124 Å². The summed E-state index contributed by atoms with van der Waals surface area (Å²) in [6, 6.07) is 1.73. The SMILES string of the molecule is COC[C@H]1CCS(=O)(=O)C12CN(C(=O)c1occc1C)C2. The second kappa shape index (κ2) is 4.84. The van der Waals surface area contributed by atoms with Gasteiger partial charge in [-0.05, 0) is 19.4 Å². The Balaban J connectivity index is 1.79. The number of carbonyl (C=O) groups is 1. The molecule has 3 rings (SSSR count). The third-order valence-corrected chi connectivity index (χ3v) is 7.33. The minimum Gasteiger partial charge on any atom is -0.459 e. The molecule has 0 radical (unpaired) electrons. The maximum atomic E-state index is 12.4. The van der Waals surface area contributed by atoms with Crippen LogP contribution in [0.2, 0.25) is 0 Å². The van der Waals surface area contributed by atoms with Gasteiger partial charge in [0.2, 0.25) is 0 Å². The summed E-state index contributed by atoms with van der Waals surface area (Å²) in [6.07, 6.45) is 2.08. The summed E-state index contributed by atoms with van der Waals surface area (Å²) in [5, 5.41) is 0. The molecule has 0 aliphatic carbocycles. The molecule has 6 nitrogen and oxygen atoms in total. The molecular formula is C14H19NO5S. The Morgan fingerprint density at radius 1 is 1.52 bits per heavy atom. The maximum Gasteiger partial charge on any atom is 0.289 e. The monoisotopic (exact) mass is 313 g/mol. The fourth-order valence-corrected chi connectivity index (χ4v) is 5.79. The summed E-state index contributed by atoms with van der Waals surface area (Å²) in [5.74, 6) is 0.210. The Kier molecular flexibility index (Phi) is 3.37. The molecule has 0 unspecified atom stereocenters. The molecule has 1 aromatic heterocycles. The van der Waals surface area contributed by atoms with Crippen molar-refractivity contribution < 1.29 is 22.4 Å². The average Bonchev–Trinajstić information content (AvgIpc) is 2.90. The lowest BCUT2D eigenvalue weighted by atomic mass is 9.83. The zero-order valence-corrected chi connectivity index (χ0v) is 13.0. The van der Waals surface area contributed by atoms with Gasteiger partial charge in [0, 0.05) is 31.7 Å². The normalized spacial score (nSPS) is 26.0. The molecule has 0 bridgehead atoms. The maximum absolute atomic E-state index is 12.4. The van der Waals surface area contributed by atoms with Crippen molar-refractivity contribution in [2.45, 2.75) is 18.1 Å². The largest absolute Gasteiger partial charge is 0.459 e. The van der Waals surface area contributed by atoms with E-state index < -0.39 is 14.6 Å². The first-order valence-electron chi connectivity index (χ1n) is 6.96. The third-order valence-electron chi connectivity index (χ3n) is 4.73. The van der Waals surface area contributed by atoms with Crippen molar-refractivity contribution in [3.8, 4) is 0 Å². The van der Waals surface area contributed by atoms with Crippen LogP contribution in [-0.4, -0.2) is 56.5 Å². The lowest BCUT2D eigenvalue weighted by Gasteiger charge is -2.49. The van der Waals surface area contributed by atoms with E-state index in [0.29, 0.717) is 18.8 Å². The highest BCUT2D eigenvalue weighted by Gasteiger charge is 2.62. The Bertz CT molecular complexity index is 657. The fourth-order valence-electron chi connectivity index (χ4n) is 3.39. The van der Waals surface area contributed by atoms with Crippen LogP contribution in [0.15, 0.2) is 16.7 Å². The van der Waals surface area contributed by atoms with Gasteiger partial charge in [-0.3, -0.25) is 4.79 Å². The Hall–Kier alpha value is -1.34. The van der Waals surface area contributed by atoms with E-state index >= 15 is 0 Å². The molecule has 0 aromatic carbocycles. The van der Waals surface area contributed by atoms with Gasteiger partial charge >= 0.3 is 0 Å². The van der Waals surface area contributed by atoms with Crippen LogP contribution in [0.25, 0.3) is 0 Å². The van der Waals surface area contributed by atoms with E-state index in [9.17, 15) is 13.2 Å². The number of nitrogens with zero attached hydrogens (tertiary/aromatic N) is 1. The Morgan fingerprint density at radius 3 is 2.81 bits per heavy atom. The van der Waals surface area contributed by atoms with Crippen molar-refractivity contribution in [3.63, 3.8) is 0 Å². The predicted molar refractivity (Wildman–Crippen MR) is 75.8 cm³/mol. The minimum atomic E-state index is -3.17. The molecule has 2 fully saturated rings. The quantitative estimate of drug-likeness (QED) is 0.827. The van der Waals surface area contributed by atoms with Gasteiger partial charge in [-0.15, -0.1) is 0 Å². The fraction of sp³-hybridized carbons (Fsp3) is 0.643. The van der Waals surface area contributed by atoms with E-state index in [1.807, 2.05) is 0 Å². The van der Waals surface area contributed by atoms with Gasteiger partial charge in [0.25, 0.3) is 5.91 Å². The molecule has 1 amide bonds. The van der Waals surface area contributed by atoms with Crippen molar-refractivity contribution in [1.82, 2.24) is 4.90 Å². The zero-order chi connectivity index (χ0) is 15.3. The first kappa shape index (κ1) is 14.6. The third kappa shape index (κ3) is 2.02. The smallest absolute Gasteiger partial charge is 0.289 e. The van der Waals surface area contributed by atoms with E-state index in [2.05, 4.69) is 0 Å². The standard InChI is InChI=1S/C14H19NO5S/c1-10-3-5-20-12(10)13(16)15-8-14(9-15)11(7-19-2)4-6-21(14,17)18/h3,5,11H,4,6-9H2,1-2H3/t11-/m1/s1. The lowest BCUT2D eigenvalue weighted by molar-refractivity contribution is 0.0311. The number of aryl methyl sites for hydroxylation is 1. The van der Waals surface area contributed by atoms with Crippen molar-refractivity contribution in [3.05, 3.63) is 23.7 Å². The van der Waals surface area contributed by atoms with Crippen LogP contribution < -0.4 is 0 Å². The summed E-state index contributed by atoms with van der Waals surface area (Å²) in [5.41, 5.74) is 0.767. The molecule has 3 heterocycles. The van der Waals surface area contributed by atoms with Crippen LogP contribution in [-0.2, 0) is 14.6 Å². The number of amides is 1. The topological polar surface area (TPSA) is 76.8 Å². The van der Waals surface area contributed by atoms with Crippen LogP contribution in [0, 0.1) is 12.8 Å². The number of carbonyl (C=O) groups excluding carboxylic acids is 1. The van der Waals surface area contributed by atoms with E-state index in [4.69, 9.17) is 9.15 Å². The zero-order valence-electron chi connectivity index (χ0n) is 12.2. The van der Waals surface area contributed by atoms with Gasteiger partial charge in [0.1, 0.15) is 4.75 Å². The highest BCUT2D eigenvalue weighted by atomic mass is 32.2. The molecule has 21 heavy (non-hydrogen) atoms. The highest BCUT2D eigenvalue weighted by Crippen LogP contribution is 2.45. The van der Waals surface area contributed by atoms with Crippen LogP contribution in [0.1, 0.15) is 22.5 Å². The number of rotatable bonds is 3. The van der Waals surface area contributed by atoms with E-state index in [1.165, 1.54) is 6.26 Å². The van der Waals surface area contributed by atoms with Gasteiger partial charge in [0.15, 0.2) is 15.6 Å². The van der Waals surface area contributed by atoms with Gasteiger partial charge in [-0.2, -0.15) is 0 Å². The van der Waals surface area contributed by atoms with Crippen LogP contribution in [0.5, 0.6) is 0 Å². The van der Waals surface area contributed by atoms with E-state index in [-0.39, 0.29) is 30.7 Å². The number of hydrogen-bond donors (Lipinski definition) is 0. The van der Waals surface area contributed by atoms with Crippen LogP contribution >= 0.6 is 0 Å². The summed E-state index contributed by atoms with van der Waals surface area (Å²) < 4.78 is 34.2. The number of likely N-dealkylation sites (tertiary alicyclic amines) is 1. The second-order valence-corrected chi connectivity index (χ2v) is 8.37. The first-order valence-corrected chi connectivity index (χ1v) is 8.61. The number of hydrogen-bond acceptors (Lipinski definition) is 5. The average molecular weight is 313 g/mol. The summed E-state index contributed by atoms with van der Waals surface area (Å²) in [4.78, 5) is 13.9. The minimum absolute atomic E-state index is 0.0331. The molecule has 116 valence electrons. The first-order chi connectivity index (χ1) is 9.91. The molecule has 2 aliphatic heterocycles. The van der Waals surface area contributed by atoms with Crippen molar-refractivity contribution in [2.24, 2.45) is 5.92 Å². The molecule has 1 atom stereocenters. The molecular weight excluding hydrogens is 294 g/mol. The molecule has 1 spiro atoms. The van der Waals surface area contributed by atoms with Gasteiger partial charge in [0.05, 0.1) is 18.6 Å². The molecule has 1 aromatic rings. The van der Waals surface area contributed by atoms with Gasteiger partial charge in [-0.1, -0.05) is 0 Å². The van der Waals surface area contributed by atoms with Crippen molar-refractivity contribution in [2.75, 3.05) is 32.6 Å². The summed E-state index contributed by atoms with van der Waals surface area (Å²) in [6.45, 7) is 2.69. The Morgan fingerprint density at radius 2 is 2.24 bits per heavy atom. The van der Waals surface area contributed by atoms with Crippen molar-refractivity contribution >= 4 is 15.7 Å². The van der Waals surface area contributed by atoms with Gasteiger partial charge < -0.3 is 14.1 Å². The molecule has 2 saturated heterocycles. The van der Waals surface area contributed by atoms with E-state index in [0.717, 1.165) is 5.56 Å². The number of ether oxygens (including phenoxy) is 1. The highest BCUT2D eigenvalue weighted by molar-refractivity contribution is 7.93. The lowest BCUT2D eigenvalue weighted by Crippen LogP contribution is -2.68. The number of furan rings is 1. The molecule has 7 heteroatoms. The van der Waals surface area contributed by atoms with Gasteiger partial charge in [-0.25, -0.2) is 8.42 Å².